The van der Waals surface area contributed by atoms with Gasteiger partial charge in [0.25, 0.3) is 0 Å². The normalized spacial score (nSPS) is 12.0. The number of anilines is 1. The molecule has 13 heteroatoms. The number of rotatable bonds is 7. The van der Waals surface area contributed by atoms with E-state index in [0.717, 1.165) is 6.26 Å². The zero-order valence-electron chi connectivity index (χ0n) is 16.9. The van der Waals surface area contributed by atoms with E-state index in [-0.39, 0.29) is 54.0 Å². The molecule has 168 valence electrons. The van der Waals surface area contributed by atoms with E-state index in [1.165, 1.54) is 25.2 Å². The van der Waals surface area contributed by atoms with Crippen LogP contribution in [0.15, 0.2) is 73.9 Å². The van der Waals surface area contributed by atoms with Crippen LogP contribution in [0.1, 0.15) is 0 Å². The van der Waals surface area contributed by atoms with Gasteiger partial charge >= 0.3 is 0 Å². The molecule has 0 unspecified atom stereocenters. The van der Waals surface area contributed by atoms with Crippen LogP contribution >= 0.6 is 0 Å². The molecule has 3 aromatic carbocycles. The van der Waals surface area contributed by atoms with E-state index in [0.29, 0.717) is 11.4 Å². The van der Waals surface area contributed by atoms with Crippen molar-refractivity contribution in [3.05, 3.63) is 48.5 Å². The summed E-state index contributed by atoms with van der Waals surface area (Å²) in [6.07, 6.45) is 1.07. The molecular formula is C19H18MoN5O5S2-. The fraction of sp³-hybridized carbons (Fsp3) is 0.158. The summed E-state index contributed by atoms with van der Waals surface area (Å²) in [6.45, 7) is 0. The second kappa shape index (κ2) is 10.8. The molecule has 0 aliphatic carbocycles. The topological polar surface area (TPSA) is 150 Å². The minimum atomic E-state index is -3.36. The Kier molecular flexibility index (Phi) is 8.59. The molecule has 0 fully saturated rings. The van der Waals surface area contributed by atoms with Gasteiger partial charge in [0.05, 0.1) is 11.4 Å². The first-order valence-electron chi connectivity index (χ1n) is 8.81. The van der Waals surface area contributed by atoms with Gasteiger partial charge in [-0.3, -0.25) is 0 Å². The van der Waals surface area contributed by atoms with Crippen molar-refractivity contribution in [2.45, 2.75) is 4.90 Å². The number of benzene rings is 3. The third-order valence-corrected chi connectivity index (χ3v) is 5.47. The van der Waals surface area contributed by atoms with E-state index in [4.69, 9.17) is 0 Å². The molecule has 2 N–H and O–H groups in total. The molecule has 10 nitrogen and oxygen atoms in total. The molecule has 0 heterocycles. The van der Waals surface area contributed by atoms with Crippen molar-refractivity contribution >= 4 is 54.1 Å². The van der Waals surface area contributed by atoms with Crippen molar-refractivity contribution in [1.82, 2.24) is 0 Å². The van der Waals surface area contributed by atoms with Crippen LogP contribution in [-0.4, -0.2) is 32.7 Å². The Morgan fingerprint density at radius 2 is 1.66 bits per heavy atom. The molecule has 0 saturated carbocycles. The molecule has 3 rings (SSSR count). The Morgan fingerprint density at radius 1 is 0.969 bits per heavy atom. The van der Waals surface area contributed by atoms with Gasteiger partial charge in [-0.2, -0.15) is 15.3 Å². The number of hydrogen-bond donors (Lipinski definition) is 2. The van der Waals surface area contributed by atoms with Crippen molar-refractivity contribution < 1.29 is 43.0 Å². The van der Waals surface area contributed by atoms with Gasteiger partial charge in [0, 0.05) is 45.1 Å². The van der Waals surface area contributed by atoms with Gasteiger partial charge in [0.1, 0.15) is 23.0 Å². The standard InChI is InChI=1S/C19H18N5O5S2.Mo/c1-20-23-18-16(30(26)27)10-14-13(19(18)25)8-9-15(21-11-31(2,28)29)17(14)24-22-12-6-4-3-5-7-12;/h3-10,21,25H,11H2,1-2H3;/q-1;. The number of phenols is 1. The van der Waals surface area contributed by atoms with Gasteiger partial charge in [0.2, 0.25) is 0 Å². The molecule has 0 amide bonds. The van der Waals surface area contributed by atoms with Crippen molar-refractivity contribution in [3.63, 3.8) is 0 Å². The van der Waals surface area contributed by atoms with Gasteiger partial charge in [0.15, 0.2) is 9.84 Å². The Labute approximate surface area is 200 Å². The molecule has 0 spiro atoms. The van der Waals surface area contributed by atoms with Crippen LogP contribution in [-0.2, 0) is 50.0 Å². The van der Waals surface area contributed by atoms with Gasteiger partial charge < -0.3 is 18.8 Å². The Bertz CT molecular complexity index is 1370. The summed E-state index contributed by atoms with van der Waals surface area (Å²) in [7, 11) is -4.75. The number of phenolic OH excluding ortho intramolecular Hbond substituents is 1. The van der Waals surface area contributed by atoms with Crippen LogP contribution < -0.4 is 5.32 Å². The fourth-order valence-corrected chi connectivity index (χ4v) is 3.72. The maximum atomic E-state index is 11.8. The number of aromatic hydroxyl groups is 1. The molecule has 0 bridgehead atoms. The van der Waals surface area contributed by atoms with E-state index in [9.17, 15) is 21.9 Å². The minimum absolute atomic E-state index is 0. The third kappa shape index (κ3) is 5.96. The Hall–Kier alpha value is -2.69. The summed E-state index contributed by atoms with van der Waals surface area (Å²) in [5.41, 5.74) is 0.782. The fourth-order valence-electron chi connectivity index (χ4n) is 2.79. The molecule has 0 aromatic heterocycles. The van der Waals surface area contributed by atoms with Crippen molar-refractivity contribution in [2.24, 2.45) is 20.5 Å². The average Bonchev–Trinajstić information content (AvgIpc) is 2.72. The first-order valence-corrected chi connectivity index (χ1v) is 11.9. The predicted molar refractivity (Wildman–Crippen MR) is 117 cm³/mol. The second-order valence-corrected chi connectivity index (χ2v) is 9.50. The smallest absolute Gasteiger partial charge is 0.165 e. The summed E-state index contributed by atoms with van der Waals surface area (Å²) in [5.74, 6) is -0.769. The summed E-state index contributed by atoms with van der Waals surface area (Å²) in [5, 5.41) is 29.6. The predicted octanol–water partition coefficient (Wildman–Crippen LogP) is 4.75. The van der Waals surface area contributed by atoms with E-state index in [2.05, 4.69) is 25.8 Å². The van der Waals surface area contributed by atoms with E-state index < -0.39 is 26.3 Å². The molecule has 3 aromatic rings. The zero-order chi connectivity index (χ0) is 22.6. The quantitative estimate of drug-likeness (QED) is 0.244. The molecular weight excluding hydrogens is 538 g/mol. The van der Waals surface area contributed by atoms with Crippen LogP contribution in [0.3, 0.4) is 0 Å². The molecule has 0 aliphatic heterocycles. The van der Waals surface area contributed by atoms with Gasteiger partial charge in [-0.1, -0.05) is 24.3 Å². The van der Waals surface area contributed by atoms with Gasteiger partial charge in [-0.15, -0.1) is 5.11 Å². The molecule has 0 radical (unpaired) electrons. The number of azo groups is 2. The second-order valence-electron chi connectivity index (χ2n) is 6.45. The van der Waals surface area contributed by atoms with Crippen LogP contribution in [0, 0.1) is 0 Å². The monoisotopic (exact) mass is 558 g/mol. The SMILES string of the molecule is CN=Nc1c([S-](=O)=O)cc2c(N=Nc3ccccc3)c(NCS(C)(=O)=O)ccc2c1O.[Mo]. The first kappa shape index (κ1) is 25.6. The van der Waals surface area contributed by atoms with Gasteiger partial charge in [-0.25, -0.2) is 8.42 Å². The van der Waals surface area contributed by atoms with Crippen LogP contribution in [0.2, 0.25) is 0 Å². The number of sulfone groups is 1. The summed E-state index contributed by atoms with van der Waals surface area (Å²) >= 11 is 0. The zero-order valence-corrected chi connectivity index (χ0v) is 20.6. The third-order valence-electron chi connectivity index (χ3n) is 4.13. The maximum Gasteiger partial charge on any atom is 0.165 e. The molecule has 32 heavy (non-hydrogen) atoms. The van der Waals surface area contributed by atoms with Crippen molar-refractivity contribution in [1.29, 1.82) is 0 Å². The molecule has 0 atom stereocenters. The maximum absolute atomic E-state index is 11.8. The van der Waals surface area contributed by atoms with E-state index >= 15 is 0 Å². The Balaban J connectivity index is 0.00000363. The first-order chi connectivity index (χ1) is 14.7. The number of nitrogens with zero attached hydrogens (tertiary/aromatic N) is 4. The summed E-state index contributed by atoms with van der Waals surface area (Å²) in [4.78, 5) is -0.285. The average molecular weight is 556 g/mol. The largest absolute Gasteiger partial charge is 0.505 e. The molecule has 0 aliphatic rings. The minimum Gasteiger partial charge on any atom is -0.505 e. The van der Waals surface area contributed by atoms with E-state index in [1.807, 2.05) is 6.07 Å². The summed E-state index contributed by atoms with van der Waals surface area (Å²) < 4.78 is 46.8. The van der Waals surface area contributed by atoms with Crippen LogP contribution in [0.25, 0.3) is 10.8 Å². The Morgan fingerprint density at radius 3 is 2.25 bits per heavy atom. The van der Waals surface area contributed by atoms with Crippen LogP contribution in [0.4, 0.5) is 22.7 Å². The van der Waals surface area contributed by atoms with Crippen molar-refractivity contribution in [3.8, 4) is 5.75 Å². The molecule has 0 saturated heterocycles. The summed E-state index contributed by atoms with van der Waals surface area (Å²) in [6, 6.07) is 13.1. The van der Waals surface area contributed by atoms with Crippen LogP contribution in [0.5, 0.6) is 5.75 Å². The number of hydrogen-bond acceptors (Lipinski definition) is 11. The number of nitrogens with one attached hydrogen (secondary N) is 1. The number of fused-ring (bicyclic) bond motifs is 1. The van der Waals surface area contributed by atoms with Gasteiger partial charge in [-0.05, 0) is 39.9 Å². The van der Waals surface area contributed by atoms with E-state index in [1.54, 1.807) is 24.3 Å². The van der Waals surface area contributed by atoms with Crippen molar-refractivity contribution in [2.75, 3.05) is 24.5 Å².